The molecule has 0 unspecified atom stereocenters. The van der Waals surface area contributed by atoms with E-state index in [9.17, 15) is 17.6 Å². The maximum absolute atomic E-state index is 13.8. The summed E-state index contributed by atoms with van der Waals surface area (Å²) in [7, 11) is -3.46. The third kappa shape index (κ3) is 5.88. The quantitative estimate of drug-likeness (QED) is 0.604. The van der Waals surface area contributed by atoms with Crippen LogP contribution in [0.3, 0.4) is 0 Å². The molecule has 0 radical (unpaired) electrons. The average Bonchev–Trinajstić information content (AvgIpc) is 3.47. The van der Waals surface area contributed by atoms with Gasteiger partial charge in [0.05, 0.1) is 6.26 Å². The van der Waals surface area contributed by atoms with E-state index in [-0.39, 0.29) is 17.4 Å². The number of piperidine rings is 2. The summed E-state index contributed by atoms with van der Waals surface area (Å²) in [5.41, 5.74) is 2.35. The molecule has 0 bridgehead atoms. The van der Waals surface area contributed by atoms with Crippen LogP contribution < -0.4 is 9.62 Å². The fourth-order valence-corrected chi connectivity index (χ4v) is 6.66. The molecule has 5 rings (SSSR count). The molecule has 0 aliphatic carbocycles. The van der Waals surface area contributed by atoms with E-state index in [0.29, 0.717) is 44.0 Å². The van der Waals surface area contributed by atoms with Crippen LogP contribution in [-0.4, -0.2) is 84.7 Å². The van der Waals surface area contributed by atoms with Gasteiger partial charge in [0.25, 0.3) is 0 Å². The predicted octanol–water partition coefficient (Wildman–Crippen LogP) is 3.95. The second-order valence-corrected chi connectivity index (χ2v) is 12.7. The van der Waals surface area contributed by atoms with Crippen molar-refractivity contribution in [3.8, 4) is 0 Å². The van der Waals surface area contributed by atoms with Crippen molar-refractivity contribution in [1.29, 1.82) is 0 Å². The number of carbonyl (C=O) groups excluding carboxylic acids is 1. The second kappa shape index (κ2) is 10.4. The number of hydrogen-bond acceptors (Lipinski definition) is 6. The molecule has 9 nitrogen and oxygen atoms in total. The summed E-state index contributed by atoms with van der Waals surface area (Å²) >= 11 is 6.36. The van der Waals surface area contributed by atoms with Crippen molar-refractivity contribution in [2.45, 2.75) is 56.8 Å². The second-order valence-electron chi connectivity index (χ2n) is 10.5. The number of nitrogens with zero attached hydrogens (tertiary/aromatic N) is 5. The molecule has 1 N–H and O–H groups in total. The lowest BCUT2D eigenvalue weighted by atomic mass is 9.84. The van der Waals surface area contributed by atoms with Gasteiger partial charge in [0.1, 0.15) is 6.17 Å². The zero-order valence-electron chi connectivity index (χ0n) is 21.1. The fourth-order valence-electron chi connectivity index (χ4n) is 6.00. The van der Waals surface area contributed by atoms with Crippen molar-refractivity contribution in [2.75, 3.05) is 48.6 Å². The molecule has 4 heterocycles. The van der Waals surface area contributed by atoms with Crippen LogP contribution in [0.1, 0.15) is 44.1 Å². The first-order chi connectivity index (χ1) is 17.6. The van der Waals surface area contributed by atoms with Crippen molar-refractivity contribution in [3.05, 3.63) is 41.0 Å². The Bertz CT molecular complexity index is 1240. The van der Waals surface area contributed by atoms with Crippen LogP contribution in [0.15, 0.2) is 30.5 Å². The summed E-state index contributed by atoms with van der Waals surface area (Å²) in [6.45, 7) is 4.43. The summed E-state index contributed by atoms with van der Waals surface area (Å²) in [4.78, 5) is 19.6. The maximum atomic E-state index is 13.8. The van der Waals surface area contributed by atoms with E-state index in [1.807, 2.05) is 12.1 Å². The largest absolute Gasteiger partial charge is 0.371 e. The van der Waals surface area contributed by atoms with Gasteiger partial charge in [0.2, 0.25) is 10.0 Å². The van der Waals surface area contributed by atoms with Crippen LogP contribution in [-0.2, 0) is 16.6 Å². The van der Waals surface area contributed by atoms with Crippen molar-refractivity contribution in [1.82, 2.24) is 19.6 Å². The molecule has 3 aliphatic rings. The number of halogens is 2. The summed E-state index contributed by atoms with van der Waals surface area (Å²) in [6.07, 6.45) is 6.84. The average molecular weight is 553 g/mol. The van der Waals surface area contributed by atoms with Gasteiger partial charge in [0.15, 0.2) is 5.82 Å². The summed E-state index contributed by atoms with van der Waals surface area (Å²) in [6, 6.07) is 7.27. The van der Waals surface area contributed by atoms with Crippen molar-refractivity contribution in [3.63, 3.8) is 0 Å². The summed E-state index contributed by atoms with van der Waals surface area (Å²) in [5.74, 6) is 0.126. The Hall–Kier alpha value is -2.37. The minimum Gasteiger partial charge on any atom is -0.371 e. The molecule has 202 valence electrons. The molecule has 0 saturated carbocycles. The van der Waals surface area contributed by atoms with Crippen LogP contribution >= 0.6 is 11.6 Å². The van der Waals surface area contributed by atoms with E-state index in [4.69, 9.17) is 11.6 Å². The standard InChI is InChI=1S/C25H34ClFN6O3S/c1-37(35,36)29-23-7-14-33(28-23)24(34)31-15-9-25(10-16-31)8-2-11-32(25)18-19-3-4-20(26)17-22(19)30-12-5-21(27)6-13-30/h3-4,7,14,17,21H,2,5-6,8-13,15-16,18H2,1H3,(H,28,29). The van der Waals surface area contributed by atoms with E-state index < -0.39 is 16.2 Å². The highest BCUT2D eigenvalue weighted by Gasteiger charge is 2.44. The third-order valence-electron chi connectivity index (χ3n) is 7.95. The van der Waals surface area contributed by atoms with E-state index in [1.165, 1.54) is 22.5 Å². The Morgan fingerprint density at radius 2 is 1.86 bits per heavy atom. The zero-order chi connectivity index (χ0) is 26.2. The van der Waals surface area contributed by atoms with Gasteiger partial charge in [-0.2, -0.15) is 4.68 Å². The molecule has 3 fully saturated rings. The molecule has 1 spiro atoms. The highest BCUT2D eigenvalue weighted by atomic mass is 35.5. The van der Waals surface area contributed by atoms with E-state index in [1.54, 1.807) is 4.90 Å². The molecular formula is C25H34ClFN6O3S. The Morgan fingerprint density at radius 1 is 1.14 bits per heavy atom. The summed E-state index contributed by atoms with van der Waals surface area (Å²) in [5, 5.41) is 4.77. The van der Waals surface area contributed by atoms with Crippen LogP contribution in [0, 0.1) is 0 Å². The number of nitrogens with one attached hydrogen (secondary N) is 1. The first kappa shape index (κ1) is 26.2. The van der Waals surface area contributed by atoms with Gasteiger partial charge in [-0.05, 0) is 62.8 Å². The van der Waals surface area contributed by atoms with Crippen molar-refractivity contribution < 1.29 is 17.6 Å². The number of anilines is 2. The number of hydrogen-bond donors (Lipinski definition) is 1. The maximum Gasteiger partial charge on any atom is 0.344 e. The minimum absolute atomic E-state index is 0.0345. The molecule has 1 aromatic heterocycles. The molecule has 1 aromatic carbocycles. The number of rotatable bonds is 5. The van der Waals surface area contributed by atoms with Gasteiger partial charge in [-0.1, -0.05) is 17.7 Å². The van der Waals surface area contributed by atoms with Gasteiger partial charge < -0.3 is 9.80 Å². The Kier molecular flexibility index (Phi) is 7.39. The molecule has 3 saturated heterocycles. The first-order valence-corrected chi connectivity index (χ1v) is 15.1. The van der Waals surface area contributed by atoms with E-state index >= 15 is 0 Å². The zero-order valence-corrected chi connectivity index (χ0v) is 22.6. The SMILES string of the molecule is CS(=O)(=O)Nc1ccn(C(=O)N2CCC3(CCCN3Cc3ccc(Cl)cc3N3CCC(F)CC3)CC2)n1. The Labute approximate surface area is 222 Å². The monoisotopic (exact) mass is 552 g/mol. The molecule has 3 aliphatic heterocycles. The van der Waals surface area contributed by atoms with Gasteiger partial charge in [-0.25, -0.2) is 17.6 Å². The Balaban J connectivity index is 1.25. The molecule has 2 aromatic rings. The molecule has 1 amide bonds. The van der Waals surface area contributed by atoms with E-state index in [0.717, 1.165) is 50.7 Å². The minimum atomic E-state index is -3.46. The van der Waals surface area contributed by atoms with Gasteiger partial charge in [0, 0.05) is 61.2 Å². The fraction of sp³-hybridized carbons (Fsp3) is 0.600. The molecule has 12 heteroatoms. The molecule has 37 heavy (non-hydrogen) atoms. The van der Waals surface area contributed by atoms with Gasteiger partial charge in [-0.3, -0.25) is 9.62 Å². The number of likely N-dealkylation sites (tertiary alicyclic amines) is 2. The Morgan fingerprint density at radius 3 is 2.57 bits per heavy atom. The van der Waals surface area contributed by atoms with Gasteiger partial charge in [-0.15, -0.1) is 5.10 Å². The predicted molar refractivity (Wildman–Crippen MR) is 142 cm³/mol. The van der Waals surface area contributed by atoms with Crippen molar-refractivity contribution in [2.24, 2.45) is 0 Å². The summed E-state index contributed by atoms with van der Waals surface area (Å²) < 4.78 is 40.1. The topological polar surface area (TPSA) is 90.8 Å². The number of alkyl halides is 1. The van der Waals surface area contributed by atoms with Crippen LogP contribution in [0.5, 0.6) is 0 Å². The van der Waals surface area contributed by atoms with E-state index in [2.05, 4.69) is 25.7 Å². The lowest BCUT2D eigenvalue weighted by Gasteiger charge is -2.45. The third-order valence-corrected chi connectivity index (χ3v) is 8.77. The van der Waals surface area contributed by atoms with Crippen molar-refractivity contribution >= 4 is 39.2 Å². The lowest BCUT2D eigenvalue weighted by molar-refractivity contribution is 0.0585. The molecule has 0 atom stereocenters. The van der Waals surface area contributed by atoms with Gasteiger partial charge >= 0.3 is 6.03 Å². The first-order valence-electron chi connectivity index (χ1n) is 12.9. The van der Waals surface area contributed by atoms with Crippen LogP contribution in [0.25, 0.3) is 0 Å². The highest BCUT2D eigenvalue weighted by molar-refractivity contribution is 7.92. The number of amides is 1. The lowest BCUT2D eigenvalue weighted by Crippen LogP contribution is -2.53. The number of carbonyl (C=O) groups is 1. The van der Waals surface area contributed by atoms with Crippen LogP contribution in [0.2, 0.25) is 5.02 Å². The highest BCUT2D eigenvalue weighted by Crippen LogP contribution is 2.41. The number of sulfonamides is 1. The number of benzene rings is 1. The molecular weight excluding hydrogens is 519 g/mol. The van der Waals surface area contributed by atoms with Crippen LogP contribution in [0.4, 0.5) is 20.7 Å². The normalized spacial score (nSPS) is 21.1. The smallest absolute Gasteiger partial charge is 0.344 e. The number of aromatic nitrogens is 2.